The average Bonchev–Trinajstić information content (AvgIpc) is 2.76. The van der Waals surface area contributed by atoms with Crippen LogP contribution in [0, 0.1) is 5.92 Å². The summed E-state index contributed by atoms with van der Waals surface area (Å²) in [6.45, 7) is 9.05. The summed E-state index contributed by atoms with van der Waals surface area (Å²) in [5.41, 5.74) is 5.31. The van der Waals surface area contributed by atoms with E-state index in [9.17, 15) is 14.4 Å². The first-order valence-corrected chi connectivity index (χ1v) is 11.0. The predicted octanol–water partition coefficient (Wildman–Crippen LogP) is 5.45. The minimum absolute atomic E-state index is 0.0147. The molecule has 162 valence electrons. The molecule has 1 atom stereocenters. The second-order valence-electron chi connectivity index (χ2n) is 10.2. The van der Waals surface area contributed by atoms with Crippen molar-refractivity contribution in [2.45, 2.75) is 64.2 Å². The molecule has 0 aromatic heterocycles. The molecule has 2 aromatic carbocycles. The Hall–Kier alpha value is -2.75. The van der Waals surface area contributed by atoms with Crippen LogP contribution >= 0.6 is 0 Å². The molecule has 2 aromatic rings. The lowest BCUT2D eigenvalue weighted by Crippen LogP contribution is -2.36. The lowest BCUT2D eigenvalue weighted by molar-refractivity contribution is 0.0599. The van der Waals surface area contributed by atoms with Crippen molar-refractivity contribution in [2.24, 2.45) is 5.92 Å². The van der Waals surface area contributed by atoms with Crippen molar-refractivity contribution in [3.63, 3.8) is 0 Å². The van der Waals surface area contributed by atoms with Gasteiger partial charge in [-0.2, -0.15) is 0 Å². The average molecular weight is 419 g/mol. The quantitative estimate of drug-likeness (QED) is 0.378. The second kappa shape index (κ2) is 7.44. The molecule has 0 bridgehead atoms. The molecule has 0 saturated carbocycles. The number of Topliss-reactive ketones (excluding diaryl/α,β-unsaturated/α-hetero) is 2. The van der Waals surface area contributed by atoms with Gasteiger partial charge >= 0.3 is 5.97 Å². The molecule has 0 saturated heterocycles. The van der Waals surface area contributed by atoms with Gasteiger partial charge in [0.25, 0.3) is 0 Å². The Labute approximate surface area is 184 Å². The summed E-state index contributed by atoms with van der Waals surface area (Å²) in [4.78, 5) is 38.2. The molecule has 0 fully saturated rings. The van der Waals surface area contributed by atoms with Gasteiger partial charge in [0.2, 0.25) is 0 Å². The van der Waals surface area contributed by atoms with E-state index in [4.69, 9.17) is 4.74 Å². The summed E-state index contributed by atoms with van der Waals surface area (Å²) in [5.74, 6) is -1.37. The van der Waals surface area contributed by atoms with Crippen molar-refractivity contribution in [1.29, 1.82) is 0 Å². The zero-order valence-corrected chi connectivity index (χ0v) is 19.0. The Balaban J connectivity index is 1.67. The van der Waals surface area contributed by atoms with Crippen molar-refractivity contribution < 1.29 is 19.1 Å². The lowest BCUT2D eigenvalue weighted by Gasteiger charge is -2.43. The van der Waals surface area contributed by atoms with E-state index in [-0.39, 0.29) is 22.4 Å². The minimum atomic E-state index is -0.672. The Bertz CT molecular complexity index is 1070. The van der Waals surface area contributed by atoms with E-state index in [0.717, 1.165) is 24.8 Å². The fourth-order valence-corrected chi connectivity index (χ4v) is 5.05. The molecule has 4 nitrogen and oxygen atoms in total. The zero-order chi connectivity index (χ0) is 22.6. The molecule has 0 aliphatic heterocycles. The molecule has 0 spiro atoms. The van der Waals surface area contributed by atoms with Crippen molar-refractivity contribution in [2.75, 3.05) is 7.11 Å². The molecule has 0 N–H and O–H groups in total. The first-order chi connectivity index (χ1) is 14.5. The van der Waals surface area contributed by atoms with Gasteiger partial charge in [-0.3, -0.25) is 9.59 Å². The van der Waals surface area contributed by atoms with Crippen LogP contribution in [-0.4, -0.2) is 24.6 Å². The molecule has 2 aliphatic rings. The number of benzene rings is 2. The van der Waals surface area contributed by atoms with Crippen LogP contribution in [0.4, 0.5) is 0 Å². The molecule has 4 rings (SSSR count). The number of carbonyl (C=O) groups excluding carboxylic acids is 3. The second-order valence-corrected chi connectivity index (χ2v) is 10.2. The summed E-state index contributed by atoms with van der Waals surface area (Å²) in [6.07, 6.45) is 3.45. The highest BCUT2D eigenvalue weighted by molar-refractivity contribution is 6.17. The van der Waals surface area contributed by atoms with Crippen molar-refractivity contribution >= 4 is 17.5 Å². The third kappa shape index (κ3) is 3.62. The van der Waals surface area contributed by atoms with Crippen LogP contribution in [0.1, 0.15) is 94.7 Å². The molecule has 0 heterocycles. The van der Waals surface area contributed by atoms with Crippen LogP contribution in [0.15, 0.2) is 36.4 Å². The summed E-state index contributed by atoms with van der Waals surface area (Å²) in [5, 5.41) is 0. The Morgan fingerprint density at radius 2 is 1.45 bits per heavy atom. The van der Waals surface area contributed by atoms with Gasteiger partial charge in [-0.1, -0.05) is 45.9 Å². The zero-order valence-electron chi connectivity index (χ0n) is 19.0. The number of rotatable bonds is 3. The van der Waals surface area contributed by atoms with E-state index in [2.05, 4.69) is 39.8 Å². The third-order valence-corrected chi connectivity index (χ3v) is 7.27. The highest BCUT2D eigenvalue weighted by Crippen LogP contribution is 2.47. The maximum Gasteiger partial charge on any atom is 0.337 e. The fraction of sp³-hybridized carbons (Fsp3) is 0.444. The predicted molar refractivity (Wildman–Crippen MR) is 120 cm³/mol. The molecule has 2 aliphatic carbocycles. The lowest BCUT2D eigenvalue weighted by atomic mass is 9.61. The molecular formula is C27H30O4. The Kier molecular flexibility index (Phi) is 5.15. The smallest absolute Gasteiger partial charge is 0.337 e. The molecule has 0 amide bonds. The molecule has 4 heteroatoms. The van der Waals surface area contributed by atoms with Crippen LogP contribution in [-0.2, 0) is 22.0 Å². The topological polar surface area (TPSA) is 60.4 Å². The minimum Gasteiger partial charge on any atom is -0.465 e. The summed E-state index contributed by atoms with van der Waals surface area (Å²) < 4.78 is 4.71. The van der Waals surface area contributed by atoms with Crippen molar-refractivity contribution in [3.05, 3.63) is 69.8 Å². The number of aryl methyl sites for hydroxylation is 1. The number of ketones is 2. The van der Waals surface area contributed by atoms with E-state index in [1.165, 1.54) is 18.2 Å². The van der Waals surface area contributed by atoms with Gasteiger partial charge in [-0.15, -0.1) is 0 Å². The number of hydrogen-bond acceptors (Lipinski definition) is 4. The van der Waals surface area contributed by atoms with Crippen LogP contribution < -0.4 is 0 Å². The first kappa shape index (κ1) is 21.5. The summed E-state index contributed by atoms with van der Waals surface area (Å²) >= 11 is 0. The van der Waals surface area contributed by atoms with E-state index < -0.39 is 11.9 Å². The normalized spacial score (nSPS) is 21.1. The van der Waals surface area contributed by atoms with Crippen LogP contribution in [0.25, 0.3) is 0 Å². The highest BCUT2D eigenvalue weighted by Gasteiger charge is 2.40. The number of fused-ring (bicyclic) bond motifs is 2. The van der Waals surface area contributed by atoms with Gasteiger partial charge < -0.3 is 4.74 Å². The number of esters is 1. The van der Waals surface area contributed by atoms with Crippen LogP contribution in [0.5, 0.6) is 0 Å². The first-order valence-electron chi connectivity index (χ1n) is 11.0. The molecule has 0 radical (unpaired) electrons. The summed E-state index contributed by atoms with van der Waals surface area (Å²) in [6, 6.07) is 10.7. The number of hydrogen-bond donors (Lipinski definition) is 0. The monoisotopic (exact) mass is 418 g/mol. The standard InChI is InChI=1S/C27H30O4/c1-26(2)12-13-27(3,4)22-15-20-18(14-21(22)26)10-11-19(24(20)29)23(28)16-6-8-17(9-7-16)25(30)31-5/h6-9,14-15,19H,10-13H2,1-5H3. The third-order valence-electron chi connectivity index (χ3n) is 7.27. The maximum absolute atomic E-state index is 13.4. The van der Waals surface area contributed by atoms with E-state index in [1.807, 2.05) is 0 Å². The van der Waals surface area contributed by atoms with Gasteiger partial charge in [0, 0.05) is 11.1 Å². The molecule has 1 unspecified atom stereocenters. The van der Waals surface area contributed by atoms with Gasteiger partial charge in [-0.25, -0.2) is 4.79 Å². The Morgan fingerprint density at radius 3 is 2.03 bits per heavy atom. The molecular weight excluding hydrogens is 388 g/mol. The number of ether oxygens (including phenoxy) is 1. The van der Waals surface area contributed by atoms with Crippen molar-refractivity contribution in [1.82, 2.24) is 0 Å². The fourth-order valence-electron chi connectivity index (χ4n) is 5.05. The van der Waals surface area contributed by atoms with Crippen molar-refractivity contribution in [3.8, 4) is 0 Å². The Morgan fingerprint density at radius 1 is 0.903 bits per heavy atom. The number of carbonyl (C=O) groups is 3. The van der Waals surface area contributed by atoms with Gasteiger partial charge in [0.15, 0.2) is 11.6 Å². The van der Waals surface area contributed by atoms with Crippen LogP contribution in [0.2, 0.25) is 0 Å². The summed E-state index contributed by atoms with van der Waals surface area (Å²) in [7, 11) is 1.32. The largest absolute Gasteiger partial charge is 0.465 e. The van der Waals surface area contributed by atoms with Crippen LogP contribution in [0.3, 0.4) is 0 Å². The molecule has 31 heavy (non-hydrogen) atoms. The number of methoxy groups -OCH3 is 1. The van der Waals surface area contributed by atoms with Gasteiger partial charge in [-0.05, 0) is 71.4 Å². The highest BCUT2D eigenvalue weighted by atomic mass is 16.5. The van der Waals surface area contributed by atoms with Gasteiger partial charge in [0.1, 0.15) is 0 Å². The SMILES string of the molecule is COC(=O)c1ccc(C(=O)C2CCc3cc4c(cc3C2=O)C(C)(C)CCC4(C)C)cc1. The van der Waals surface area contributed by atoms with E-state index in [0.29, 0.717) is 23.1 Å². The van der Waals surface area contributed by atoms with E-state index >= 15 is 0 Å². The maximum atomic E-state index is 13.4. The van der Waals surface area contributed by atoms with Gasteiger partial charge in [0.05, 0.1) is 18.6 Å². The van der Waals surface area contributed by atoms with E-state index in [1.54, 1.807) is 24.3 Å².